The van der Waals surface area contributed by atoms with Crippen molar-refractivity contribution in [2.75, 3.05) is 0 Å². The van der Waals surface area contributed by atoms with Crippen molar-refractivity contribution in [3.05, 3.63) is 87.6 Å². The molecule has 3 aromatic carbocycles. The van der Waals surface area contributed by atoms with E-state index < -0.39 is 0 Å². The normalized spacial score (nSPS) is 11.0. The van der Waals surface area contributed by atoms with E-state index in [1.165, 1.54) is 13.0 Å². The fourth-order valence-corrected chi connectivity index (χ4v) is 3.26. The number of phenols is 3. The number of hydrogen-bond donors (Lipinski definition) is 3. The van der Waals surface area contributed by atoms with Gasteiger partial charge in [-0.15, -0.1) is 0 Å². The van der Waals surface area contributed by atoms with E-state index in [9.17, 15) is 20.1 Å². The first kappa shape index (κ1) is 17.7. The predicted octanol–water partition coefficient (Wildman–Crippen LogP) is 4.48. The van der Waals surface area contributed by atoms with Crippen LogP contribution in [0.25, 0.3) is 22.3 Å². The summed E-state index contributed by atoms with van der Waals surface area (Å²) < 4.78 is 6.00. The second-order valence-electron chi connectivity index (χ2n) is 6.69. The third-order valence-corrected chi connectivity index (χ3v) is 4.83. The molecule has 0 saturated carbocycles. The van der Waals surface area contributed by atoms with Crippen LogP contribution in [0.3, 0.4) is 0 Å². The first-order chi connectivity index (χ1) is 13.5. The summed E-state index contributed by atoms with van der Waals surface area (Å²) in [7, 11) is 0. The first-order valence-corrected chi connectivity index (χ1v) is 8.80. The Labute approximate surface area is 160 Å². The molecular formula is C23H18O5. The van der Waals surface area contributed by atoms with E-state index in [2.05, 4.69) is 0 Å². The molecular weight excluding hydrogens is 356 g/mol. The van der Waals surface area contributed by atoms with Crippen LogP contribution in [0, 0.1) is 6.92 Å². The Morgan fingerprint density at radius 3 is 2.29 bits per heavy atom. The van der Waals surface area contributed by atoms with Crippen LogP contribution in [0.15, 0.2) is 69.9 Å². The molecule has 0 fully saturated rings. The smallest absolute Gasteiger partial charge is 0.200 e. The van der Waals surface area contributed by atoms with Crippen molar-refractivity contribution in [3.8, 4) is 28.6 Å². The van der Waals surface area contributed by atoms with Gasteiger partial charge in [-0.05, 0) is 24.6 Å². The predicted molar refractivity (Wildman–Crippen MR) is 107 cm³/mol. The minimum Gasteiger partial charge on any atom is -0.508 e. The lowest BCUT2D eigenvalue weighted by atomic mass is 9.97. The summed E-state index contributed by atoms with van der Waals surface area (Å²) in [6, 6.07) is 17.1. The second kappa shape index (κ2) is 6.78. The molecule has 3 N–H and O–H groups in total. The molecule has 4 aromatic rings. The molecule has 0 spiro atoms. The maximum Gasteiger partial charge on any atom is 0.200 e. The number of benzene rings is 3. The maximum atomic E-state index is 13.3. The van der Waals surface area contributed by atoms with E-state index in [-0.39, 0.29) is 45.6 Å². The second-order valence-corrected chi connectivity index (χ2v) is 6.69. The third-order valence-electron chi connectivity index (χ3n) is 4.83. The van der Waals surface area contributed by atoms with E-state index in [0.29, 0.717) is 11.3 Å². The van der Waals surface area contributed by atoms with Crippen molar-refractivity contribution in [1.82, 2.24) is 0 Å². The van der Waals surface area contributed by atoms with E-state index in [1.807, 2.05) is 30.3 Å². The SMILES string of the molecule is Cc1c(O)cc2oc(-c3ccccc3)c(Cc3ccc(O)cc3)c(=O)c2c1O. The molecule has 0 aliphatic rings. The summed E-state index contributed by atoms with van der Waals surface area (Å²) in [4.78, 5) is 13.3. The molecule has 0 amide bonds. The number of fused-ring (bicyclic) bond motifs is 1. The lowest BCUT2D eigenvalue weighted by Gasteiger charge is -2.13. The van der Waals surface area contributed by atoms with Gasteiger partial charge in [0.05, 0.1) is 0 Å². The standard InChI is InChI=1S/C23H18O5/c1-13-18(25)12-19-20(21(13)26)22(27)17(11-14-7-9-16(24)10-8-14)23(28-19)15-5-3-2-4-6-15/h2-10,12,24-26H,11H2,1H3. The van der Waals surface area contributed by atoms with Crippen molar-refractivity contribution in [2.24, 2.45) is 0 Å². The number of rotatable bonds is 3. The van der Waals surface area contributed by atoms with Gasteiger partial charge in [0.1, 0.15) is 34.0 Å². The largest absolute Gasteiger partial charge is 0.508 e. The quantitative estimate of drug-likeness (QED) is 0.492. The first-order valence-electron chi connectivity index (χ1n) is 8.80. The maximum absolute atomic E-state index is 13.3. The summed E-state index contributed by atoms with van der Waals surface area (Å²) in [5.41, 5.74) is 1.92. The molecule has 1 heterocycles. The van der Waals surface area contributed by atoms with Crippen LogP contribution in [0.2, 0.25) is 0 Å². The zero-order chi connectivity index (χ0) is 19.8. The molecule has 0 aliphatic carbocycles. The Balaban J connectivity index is 2.03. The minimum absolute atomic E-state index is 0.0451. The monoisotopic (exact) mass is 374 g/mol. The van der Waals surface area contributed by atoms with Crippen molar-refractivity contribution in [1.29, 1.82) is 0 Å². The molecule has 0 aliphatic heterocycles. The number of aromatic hydroxyl groups is 3. The summed E-state index contributed by atoms with van der Waals surface area (Å²) in [5, 5.41) is 30.0. The van der Waals surface area contributed by atoms with Crippen LogP contribution < -0.4 is 5.43 Å². The molecule has 140 valence electrons. The van der Waals surface area contributed by atoms with Gasteiger partial charge in [-0.1, -0.05) is 42.5 Å². The van der Waals surface area contributed by atoms with Crippen LogP contribution >= 0.6 is 0 Å². The molecule has 28 heavy (non-hydrogen) atoms. The van der Waals surface area contributed by atoms with Crippen LogP contribution in [-0.2, 0) is 6.42 Å². The zero-order valence-electron chi connectivity index (χ0n) is 15.1. The van der Waals surface area contributed by atoms with Crippen molar-refractivity contribution >= 4 is 11.0 Å². The minimum atomic E-state index is -0.353. The number of hydrogen-bond acceptors (Lipinski definition) is 5. The van der Waals surface area contributed by atoms with E-state index in [1.54, 1.807) is 24.3 Å². The van der Waals surface area contributed by atoms with Gasteiger partial charge in [0.25, 0.3) is 0 Å². The average molecular weight is 374 g/mol. The van der Waals surface area contributed by atoms with Gasteiger partial charge >= 0.3 is 0 Å². The van der Waals surface area contributed by atoms with Crippen LogP contribution in [0.4, 0.5) is 0 Å². The molecule has 0 unspecified atom stereocenters. The molecule has 1 aromatic heterocycles. The van der Waals surface area contributed by atoms with Gasteiger partial charge in [0.2, 0.25) is 5.43 Å². The molecule has 0 radical (unpaired) electrons. The summed E-state index contributed by atoms with van der Waals surface area (Å²) >= 11 is 0. The lowest BCUT2D eigenvalue weighted by molar-refractivity contribution is 0.445. The topological polar surface area (TPSA) is 90.9 Å². The molecule has 0 bridgehead atoms. The zero-order valence-corrected chi connectivity index (χ0v) is 15.1. The molecule has 5 nitrogen and oxygen atoms in total. The van der Waals surface area contributed by atoms with Gasteiger partial charge in [0, 0.05) is 29.2 Å². The van der Waals surface area contributed by atoms with Gasteiger partial charge in [-0.2, -0.15) is 0 Å². The highest BCUT2D eigenvalue weighted by molar-refractivity contribution is 5.89. The molecule has 0 saturated heterocycles. The Bertz CT molecular complexity index is 1220. The highest BCUT2D eigenvalue weighted by atomic mass is 16.3. The Morgan fingerprint density at radius 2 is 1.61 bits per heavy atom. The lowest BCUT2D eigenvalue weighted by Crippen LogP contribution is -2.12. The molecule has 5 heteroatoms. The highest BCUT2D eigenvalue weighted by Crippen LogP contribution is 2.36. The Hall–Kier alpha value is -3.73. The summed E-state index contributed by atoms with van der Waals surface area (Å²) in [6.45, 7) is 1.54. The van der Waals surface area contributed by atoms with Gasteiger partial charge in [0.15, 0.2) is 0 Å². The van der Waals surface area contributed by atoms with Crippen molar-refractivity contribution in [2.45, 2.75) is 13.3 Å². The van der Waals surface area contributed by atoms with Gasteiger partial charge in [-0.25, -0.2) is 0 Å². The van der Waals surface area contributed by atoms with Gasteiger partial charge < -0.3 is 19.7 Å². The number of phenolic OH excluding ortho intramolecular Hbond substituents is 3. The third kappa shape index (κ3) is 2.97. The fourth-order valence-electron chi connectivity index (χ4n) is 3.26. The van der Waals surface area contributed by atoms with E-state index in [4.69, 9.17) is 4.42 Å². The van der Waals surface area contributed by atoms with Crippen molar-refractivity contribution < 1.29 is 19.7 Å². The van der Waals surface area contributed by atoms with Crippen LogP contribution in [0.5, 0.6) is 17.2 Å². The average Bonchev–Trinajstić information content (AvgIpc) is 2.70. The van der Waals surface area contributed by atoms with E-state index >= 15 is 0 Å². The summed E-state index contributed by atoms with van der Waals surface area (Å²) in [5.74, 6) is 0.101. The molecule has 0 atom stereocenters. The Morgan fingerprint density at radius 1 is 0.929 bits per heavy atom. The van der Waals surface area contributed by atoms with E-state index in [0.717, 1.165) is 11.1 Å². The van der Waals surface area contributed by atoms with Crippen LogP contribution in [-0.4, -0.2) is 15.3 Å². The van der Waals surface area contributed by atoms with Crippen molar-refractivity contribution in [3.63, 3.8) is 0 Å². The van der Waals surface area contributed by atoms with Gasteiger partial charge in [-0.3, -0.25) is 4.79 Å². The summed E-state index contributed by atoms with van der Waals surface area (Å²) in [6.07, 6.45) is 0.266. The molecule has 4 rings (SSSR count). The van der Waals surface area contributed by atoms with Crippen LogP contribution in [0.1, 0.15) is 16.7 Å². The Kier molecular flexibility index (Phi) is 4.28. The fraction of sp³-hybridized carbons (Fsp3) is 0.0870. The highest BCUT2D eigenvalue weighted by Gasteiger charge is 2.21.